The molecule has 0 heterocycles. The topological polar surface area (TPSA) is 0 Å². The van der Waals surface area contributed by atoms with Crippen LogP contribution in [0.25, 0.3) is 0 Å². The Labute approximate surface area is 193 Å². The molecule has 0 spiro atoms. The van der Waals surface area contributed by atoms with Gasteiger partial charge in [-0.3, -0.25) is 0 Å². The summed E-state index contributed by atoms with van der Waals surface area (Å²) in [7, 11) is 3.15. The lowest BCUT2D eigenvalue weighted by molar-refractivity contribution is 1.02. The molecule has 0 aliphatic rings. The van der Waals surface area contributed by atoms with Gasteiger partial charge in [0, 0.05) is 4.64 Å². The third-order valence-corrected chi connectivity index (χ3v) is 14.1. The van der Waals surface area contributed by atoms with Gasteiger partial charge in [0.05, 0.1) is 0 Å². The number of hydrogen-bond acceptors (Lipinski definition) is 0. The zero-order chi connectivity index (χ0) is 21.4. The number of hydrogen-bond donors (Lipinski definition) is 0. The second-order valence-corrected chi connectivity index (χ2v) is 15.6. The molecule has 0 N–H and O–H groups in total. The SMILES string of the molecule is CC(Pc1ccccc1)C(Pc1ccccc1)(Pc1ccccc1)Pc1ccccc1. The van der Waals surface area contributed by atoms with E-state index in [1.807, 2.05) is 0 Å². The molecule has 0 nitrogen and oxygen atoms in total. The minimum atomic E-state index is 0.221. The van der Waals surface area contributed by atoms with Crippen molar-refractivity contribution in [3.63, 3.8) is 0 Å². The molecule has 0 radical (unpaired) electrons. The van der Waals surface area contributed by atoms with Crippen LogP contribution in [0.5, 0.6) is 0 Å². The van der Waals surface area contributed by atoms with E-state index < -0.39 is 0 Å². The quantitative estimate of drug-likeness (QED) is 0.258. The molecule has 0 saturated carbocycles. The molecule has 5 atom stereocenters. The van der Waals surface area contributed by atoms with E-state index in [0.29, 0.717) is 5.66 Å². The van der Waals surface area contributed by atoms with Crippen molar-refractivity contribution in [1.82, 2.24) is 0 Å². The highest BCUT2D eigenvalue weighted by molar-refractivity contribution is 7.84. The molecule has 0 aliphatic carbocycles. The van der Waals surface area contributed by atoms with Gasteiger partial charge in [0.1, 0.15) is 0 Å². The van der Waals surface area contributed by atoms with Crippen LogP contribution < -0.4 is 21.2 Å². The van der Waals surface area contributed by atoms with Gasteiger partial charge < -0.3 is 0 Å². The smallest absolute Gasteiger partial charge is 0.0405 e. The van der Waals surface area contributed by atoms with Gasteiger partial charge in [-0.15, -0.1) is 0 Å². The van der Waals surface area contributed by atoms with E-state index in [2.05, 4.69) is 128 Å². The number of benzene rings is 4. The fourth-order valence-electron chi connectivity index (χ4n) is 3.56. The minimum Gasteiger partial charge on any atom is -0.0858 e. The van der Waals surface area contributed by atoms with E-state index in [-0.39, 0.29) is 4.64 Å². The Morgan fingerprint density at radius 3 is 1.06 bits per heavy atom. The van der Waals surface area contributed by atoms with Gasteiger partial charge in [-0.25, -0.2) is 0 Å². The predicted molar refractivity (Wildman–Crippen MR) is 150 cm³/mol. The van der Waals surface area contributed by atoms with Crippen LogP contribution in [0, 0.1) is 0 Å². The van der Waals surface area contributed by atoms with E-state index >= 15 is 0 Å². The highest BCUT2D eigenvalue weighted by atomic mass is 31.2. The molecule has 4 aromatic rings. The van der Waals surface area contributed by atoms with E-state index in [0.717, 1.165) is 34.3 Å². The van der Waals surface area contributed by atoms with Gasteiger partial charge in [-0.05, 0) is 26.9 Å². The number of rotatable bonds is 9. The van der Waals surface area contributed by atoms with Gasteiger partial charge in [0.15, 0.2) is 0 Å². The van der Waals surface area contributed by atoms with Gasteiger partial charge in [0.25, 0.3) is 0 Å². The predicted octanol–water partition coefficient (Wildman–Crippen LogP) is 6.04. The van der Waals surface area contributed by atoms with Crippen molar-refractivity contribution in [2.24, 2.45) is 0 Å². The summed E-state index contributed by atoms with van der Waals surface area (Å²) >= 11 is 0. The molecule has 5 unspecified atom stereocenters. The van der Waals surface area contributed by atoms with Crippen LogP contribution >= 0.6 is 34.3 Å². The monoisotopic (exact) mass is 476 g/mol. The summed E-state index contributed by atoms with van der Waals surface area (Å²) in [5.74, 6) is 0. The van der Waals surface area contributed by atoms with Crippen molar-refractivity contribution in [2.45, 2.75) is 17.2 Å². The van der Waals surface area contributed by atoms with Crippen LogP contribution in [-0.4, -0.2) is 10.3 Å². The molecule has 4 aromatic carbocycles. The maximum absolute atomic E-state index is 2.49. The van der Waals surface area contributed by atoms with Crippen LogP contribution in [0.1, 0.15) is 6.92 Å². The van der Waals surface area contributed by atoms with Crippen molar-refractivity contribution in [3.8, 4) is 0 Å². The molecular formula is C27H28P4. The van der Waals surface area contributed by atoms with E-state index in [1.165, 1.54) is 21.2 Å². The zero-order valence-electron chi connectivity index (χ0n) is 17.6. The van der Waals surface area contributed by atoms with Crippen LogP contribution in [-0.2, 0) is 0 Å². The molecule has 0 aliphatic heterocycles. The Morgan fingerprint density at radius 1 is 0.452 bits per heavy atom. The Balaban J connectivity index is 1.75. The van der Waals surface area contributed by atoms with Crippen LogP contribution in [0.3, 0.4) is 0 Å². The maximum atomic E-state index is 2.49. The first-order chi connectivity index (χ1) is 15.2. The summed E-state index contributed by atoms with van der Waals surface area (Å²) in [5, 5.41) is 5.88. The molecule has 4 rings (SSSR count). The maximum Gasteiger partial charge on any atom is 0.0405 e. The molecular weight excluding hydrogens is 448 g/mol. The first-order valence-corrected chi connectivity index (χ1v) is 14.6. The standard InChI is InChI=1S/C27H28P4/c1-22(28-23-14-6-2-7-15-23)27(29-24-16-8-3-9-17-24,30-25-18-10-4-11-19-25)31-26-20-12-5-13-21-26/h2-22,28-31H,1H3. The third-order valence-electron chi connectivity index (χ3n) is 5.15. The average Bonchev–Trinajstić information content (AvgIpc) is 2.81. The molecule has 0 aromatic heterocycles. The van der Waals surface area contributed by atoms with Crippen molar-refractivity contribution >= 4 is 55.5 Å². The first kappa shape index (κ1) is 22.8. The summed E-state index contributed by atoms with van der Waals surface area (Å²) in [4.78, 5) is 0. The third kappa shape index (κ3) is 6.55. The van der Waals surface area contributed by atoms with Gasteiger partial charge in [0.2, 0.25) is 0 Å². The first-order valence-electron chi connectivity index (χ1n) is 10.5. The molecule has 0 bridgehead atoms. The molecule has 156 valence electrons. The normalized spacial score (nSPS) is 15.5. The van der Waals surface area contributed by atoms with E-state index in [1.54, 1.807) is 0 Å². The summed E-state index contributed by atoms with van der Waals surface area (Å²) in [5.41, 5.74) is 0.588. The molecule has 0 fully saturated rings. The Hall–Kier alpha value is -1.40. The Morgan fingerprint density at radius 2 is 0.742 bits per heavy atom. The molecule has 0 saturated heterocycles. The van der Waals surface area contributed by atoms with E-state index in [9.17, 15) is 0 Å². The molecule has 4 heteroatoms. The lowest BCUT2D eigenvalue weighted by atomic mass is 10.4. The minimum absolute atomic E-state index is 0.221. The fraction of sp³-hybridized carbons (Fsp3) is 0.111. The highest BCUT2D eigenvalue weighted by Crippen LogP contribution is 2.62. The summed E-state index contributed by atoms with van der Waals surface area (Å²) in [6.07, 6.45) is 0. The second kappa shape index (κ2) is 11.5. The zero-order valence-corrected chi connectivity index (χ0v) is 21.6. The van der Waals surface area contributed by atoms with Gasteiger partial charge in [-0.1, -0.05) is 163 Å². The highest BCUT2D eigenvalue weighted by Gasteiger charge is 2.37. The van der Waals surface area contributed by atoms with Crippen LogP contribution in [0.2, 0.25) is 0 Å². The van der Waals surface area contributed by atoms with Crippen molar-refractivity contribution in [2.75, 3.05) is 0 Å². The fourth-order valence-corrected chi connectivity index (χ4v) is 12.4. The summed E-state index contributed by atoms with van der Waals surface area (Å²) < 4.78 is 0.221. The largest absolute Gasteiger partial charge is 0.0858 e. The Kier molecular flexibility index (Phi) is 8.42. The van der Waals surface area contributed by atoms with Crippen LogP contribution in [0.15, 0.2) is 121 Å². The van der Waals surface area contributed by atoms with Gasteiger partial charge in [-0.2, -0.15) is 0 Å². The Bertz CT molecular complexity index is 936. The van der Waals surface area contributed by atoms with Crippen molar-refractivity contribution in [3.05, 3.63) is 121 Å². The molecule has 0 amide bonds. The summed E-state index contributed by atoms with van der Waals surface area (Å²) in [6.45, 7) is 2.49. The lowest BCUT2D eigenvalue weighted by Crippen LogP contribution is -2.31. The second-order valence-electron chi connectivity index (χ2n) is 7.51. The summed E-state index contributed by atoms with van der Waals surface area (Å²) in [6, 6.07) is 44.5. The van der Waals surface area contributed by atoms with Crippen LogP contribution in [0.4, 0.5) is 0 Å². The van der Waals surface area contributed by atoms with Gasteiger partial charge >= 0.3 is 0 Å². The molecule has 31 heavy (non-hydrogen) atoms. The average molecular weight is 476 g/mol. The van der Waals surface area contributed by atoms with Crippen molar-refractivity contribution < 1.29 is 0 Å². The van der Waals surface area contributed by atoms with Crippen molar-refractivity contribution in [1.29, 1.82) is 0 Å². The van der Waals surface area contributed by atoms with E-state index in [4.69, 9.17) is 0 Å². The lowest BCUT2D eigenvalue weighted by Gasteiger charge is -2.40.